The number of thiophene rings is 1. The number of nitrogens with one attached hydrogen (secondary N) is 1. The summed E-state index contributed by atoms with van der Waals surface area (Å²) in [6.07, 6.45) is 0. The largest absolute Gasteiger partial charge is 0.368 e. The smallest absolute Gasteiger partial charge is 0.245 e. The Bertz CT molecular complexity index is 1060. The van der Waals surface area contributed by atoms with Crippen molar-refractivity contribution in [2.45, 2.75) is 26.8 Å². The summed E-state index contributed by atoms with van der Waals surface area (Å²) in [5, 5.41) is 9.20. The molecule has 2 aromatic heterocycles. The lowest BCUT2D eigenvalue weighted by Gasteiger charge is -2.38. The van der Waals surface area contributed by atoms with Gasteiger partial charge in [0.2, 0.25) is 5.91 Å². The van der Waals surface area contributed by atoms with Crippen molar-refractivity contribution in [1.29, 1.82) is 0 Å². The monoisotopic (exact) mass is 427 g/mol. The highest BCUT2D eigenvalue weighted by Gasteiger charge is 2.28. The number of aromatic nitrogens is 3. The van der Waals surface area contributed by atoms with Crippen molar-refractivity contribution in [2.24, 2.45) is 0 Å². The Morgan fingerprint density at radius 1 is 1.17 bits per heavy atom. The molecule has 4 rings (SSSR count). The van der Waals surface area contributed by atoms with Crippen molar-refractivity contribution in [1.82, 2.24) is 19.7 Å². The van der Waals surface area contributed by atoms with E-state index in [9.17, 15) is 4.79 Å². The molecule has 1 saturated heterocycles. The zero-order valence-corrected chi connectivity index (χ0v) is 18.5. The van der Waals surface area contributed by atoms with Gasteiger partial charge >= 0.3 is 0 Å². The fourth-order valence-electron chi connectivity index (χ4n) is 3.86. The van der Waals surface area contributed by atoms with Crippen LogP contribution in [0.3, 0.4) is 0 Å². The third-order valence-corrected chi connectivity index (χ3v) is 6.85. The van der Waals surface area contributed by atoms with E-state index in [1.54, 1.807) is 11.3 Å². The Morgan fingerprint density at radius 3 is 2.62 bits per heavy atom. The molecule has 1 unspecified atom stereocenters. The zero-order chi connectivity index (χ0) is 20.5. The number of rotatable bonds is 4. The molecule has 1 aromatic carbocycles. The predicted molar refractivity (Wildman–Crippen MR) is 120 cm³/mol. The first-order valence-electron chi connectivity index (χ1n) is 9.78. The van der Waals surface area contributed by atoms with Gasteiger partial charge in [-0.2, -0.15) is 5.10 Å². The van der Waals surface area contributed by atoms with E-state index in [0.717, 1.165) is 23.8 Å². The maximum Gasteiger partial charge on any atom is 0.245 e. The number of carbonyl (C=O) groups excluding carboxylic acids is 1. The first kappa shape index (κ1) is 19.8. The van der Waals surface area contributed by atoms with Gasteiger partial charge in [0.05, 0.1) is 4.88 Å². The van der Waals surface area contributed by atoms with Crippen molar-refractivity contribution < 1.29 is 4.79 Å². The maximum atomic E-state index is 13.2. The van der Waals surface area contributed by atoms with Gasteiger partial charge in [0, 0.05) is 31.9 Å². The summed E-state index contributed by atoms with van der Waals surface area (Å²) in [6.45, 7) is 9.28. The summed E-state index contributed by atoms with van der Waals surface area (Å²) < 4.78 is 2.31. The van der Waals surface area contributed by atoms with E-state index < -0.39 is 6.04 Å². The van der Waals surface area contributed by atoms with Crippen LogP contribution in [0.1, 0.15) is 24.1 Å². The number of H-pyrrole nitrogens is 1. The molecule has 1 atom stereocenters. The van der Waals surface area contributed by atoms with Gasteiger partial charge in [0.25, 0.3) is 0 Å². The van der Waals surface area contributed by atoms with Crippen LogP contribution in [-0.4, -0.2) is 51.8 Å². The van der Waals surface area contributed by atoms with Crippen LogP contribution in [0.4, 0.5) is 5.69 Å². The van der Waals surface area contributed by atoms with Crippen LogP contribution in [0, 0.1) is 18.6 Å². The number of hydrogen-bond donors (Lipinski definition) is 1. The van der Waals surface area contributed by atoms with Gasteiger partial charge in [-0.25, -0.2) is 0 Å². The van der Waals surface area contributed by atoms with Gasteiger partial charge in [0.1, 0.15) is 6.04 Å². The first-order valence-corrected chi connectivity index (χ1v) is 11.1. The average molecular weight is 428 g/mol. The molecule has 0 radical (unpaired) electrons. The Labute approximate surface area is 179 Å². The van der Waals surface area contributed by atoms with Crippen molar-refractivity contribution in [2.75, 3.05) is 31.1 Å². The van der Waals surface area contributed by atoms with Crippen LogP contribution in [0.5, 0.6) is 0 Å². The second kappa shape index (κ2) is 8.12. The third-order valence-electron chi connectivity index (χ3n) is 5.70. The second-order valence-electron chi connectivity index (χ2n) is 7.41. The highest BCUT2D eigenvalue weighted by atomic mass is 32.1. The molecule has 1 aliphatic rings. The maximum absolute atomic E-state index is 13.2. The van der Waals surface area contributed by atoms with E-state index in [-0.39, 0.29) is 5.91 Å². The quantitative estimate of drug-likeness (QED) is 0.634. The molecule has 0 bridgehead atoms. The molecule has 1 fully saturated rings. The van der Waals surface area contributed by atoms with Crippen molar-refractivity contribution in [3.8, 4) is 10.7 Å². The molecular weight excluding hydrogens is 402 g/mol. The predicted octanol–water partition coefficient (Wildman–Crippen LogP) is 4.20. The van der Waals surface area contributed by atoms with Gasteiger partial charge in [-0.05, 0) is 61.6 Å². The number of aromatic amines is 1. The molecular formula is C21H25N5OS2. The summed E-state index contributed by atoms with van der Waals surface area (Å²) >= 11 is 7.01. The molecule has 1 N–H and O–H groups in total. The fraction of sp³-hybridized carbons (Fsp3) is 0.381. The summed E-state index contributed by atoms with van der Waals surface area (Å²) in [4.78, 5) is 18.5. The molecule has 0 saturated carbocycles. The minimum atomic E-state index is -0.398. The molecule has 3 heterocycles. The number of aryl methyl sites for hydroxylation is 1. The minimum absolute atomic E-state index is 0.0842. The molecule has 29 heavy (non-hydrogen) atoms. The van der Waals surface area contributed by atoms with Crippen LogP contribution in [0.2, 0.25) is 0 Å². The second-order valence-corrected chi connectivity index (χ2v) is 8.74. The van der Waals surface area contributed by atoms with Crippen molar-refractivity contribution in [3.63, 3.8) is 0 Å². The number of amides is 1. The van der Waals surface area contributed by atoms with Crippen molar-refractivity contribution in [3.05, 3.63) is 51.6 Å². The SMILES string of the molecule is Cc1cccc(N2CCN(C(=O)C(C)n3c(-c4cccs4)n[nH]c3=S)CC2)c1C. The highest BCUT2D eigenvalue weighted by molar-refractivity contribution is 7.71. The summed E-state index contributed by atoms with van der Waals surface area (Å²) in [7, 11) is 0. The summed E-state index contributed by atoms with van der Waals surface area (Å²) in [5.74, 6) is 0.806. The zero-order valence-electron chi connectivity index (χ0n) is 16.9. The molecule has 1 amide bonds. The van der Waals surface area contributed by atoms with Gasteiger partial charge in [-0.1, -0.05) is 18.2 Å². The van der Waals surface area contributed by atoms with Crippen LogP contribution in [-0.2, 0) is 4.79 Å². The standard InChI is InChI=1S/C21H25N5OS2/c1-14-6-4-7-17(15(14)2)24-9-11-25(12-10-24)20(27)16(3)26-19(22-23-21(26)28)18-8-5-13-29-18/h4-8,13,16H,9-12H2,1-3H3,(H,23,28). The first-order chi connectivity index (χ1) is 14.0. The van der Waals surface area contributed by atoms with Gasteiger partial charge in [0.15, 0.2) is 10.6 Å². The van der Waals surface area contributed by atoms with Crippen LogP contribution in [0.15, 0.2) is 35.7 Å². The van der Waals surface area contributed by atoms with Crippen LogP contribution >= 0.6 is 23.6 Å². The van der Waals surface area contributed by atoms with Gasteiger partial charge in [-0.15, -0.1) is 11.3 Å². The Kier molecular flexibility index (Phi) is 5.56. The van der Waals surface area contributed by atoms with E-state index in [2.05, 4.69) is 47.1 Å². The molecule has 152 valence electrons. The number of carbonyl (C=O) groups is 1. The summed E-state index contributed by atoms with van der Waals surface area (Å²) in [5.41, 5.74) is 3.87. The van der Waals surface area contributed by atoms with Gasteiger partial charge < -0.3 is 9.80 Å². The molecule has 3 aromatic rings. The Balaban J connectivity index is 1.49. The van der Waals surface area contributed by atoms with Gasteiger partial charge in [-0.3, -0.25) is 14.5 Å². The molecule has 6 nitrogen and oxygen atoms in total. The Morgan fingerprint density at radius 2 is 1.93 bits per heavy atom. The van der Waals surface area contributed by atoms with E-state index >= 15 is 0 Å². The highest BCUT2D eigenvalue weighted by Crippen LogP contribution is 2.27. The lowest BCUT2D eigenvalue weighted by molar-refractivity contribution is -0.134. The molecule has 0 aliphatic carbocycles. The van der Waals surface area contributed by atoms with E-state index in [4.69, 9.17) is 12.2 Å². The lowest BCUT2D eigenvalue weighted by Crippen LogP contribution is -2.50. The minimum Gasteiger partial charge on any atom is -0.368 e. The molecule has 8 heteroatoms. The number of nitrogens with zero attached hydrogens (tertiary/aromatic N) is 4. The number of piperazine rings is 1. The third kappa shape index (κ3) is 3.74. The van der Waals surface area contributed by atoms with E-state index in [0.29, 0.717) is 17.9 Å². The average Bonchev–Trinajstić information content (AvgIpc) is 3.39. The van der Waals surface area contributed by atoms with E-state index in [1.807, 2.05) is 33.9 Å². The van der Waals surface area contributed by atoms with Crippen LogP contribution < -0.4 is 4.90 Å². The number of hydrogen-bond acceptors (Lipinski definition) is 5. The van der Waals surface area contributed by atoms with Crippen LogP contribution in [0.25, 0.3) is 10.7 Å². The number of benzene rings is 1. The Hall–Kier alpha value is -2.45. The topological polar surface area (TPSA) is 57.2 Å². The van der Waals surface area contributed by atoms with E-state index in [1.165, 1.54) is 16.8 Å². The van der Waals surface area contributed by atoms with Crippen molar-refractivity contribution >= 4 is 35.1 Å². The molecule has 1 aliphatic heterocycles. The normalized spacial score (nSPS) is 15.6. The lowest BCUT2D eigenvalue weighted by atomic mass is 10.1. The fourth-order valence-corrected chi connectivity index (χ4v) is 4.86. The molecule has 0 spiro atoms. The summed E-state index contributed by atoms with van der Waals surface area (Å²) in [6, 6.07) is 9.98. The number of anilines is 1.